The van der Waals surface area contributed by atoms with Gasteiger partial charge in [0.05, 0.1) is 0 Å². The number of unbranched alkanes of at least 4 members (excludes halogenated alkanes) is 31. The molecule has 0 aromatic heterocycles. The Balaban J connectivity index is 4.42. The topological polar surface area (TPSA) is 78.9 Å². The molecule has 6 nitrogen and oxygen atoms in total. The van der Waals surface area contributed by atoms with Crippen LogP contribution in [-0.2, 0) is 28.6 Å². The van der Waals surface area contributed by atoms with Crippen molar-refractivity contribution < 1.29 is 28.6 Å². The van der Waals surface area contributed by atoms with Crippen LogP contribution in [0.15, 0.2) is 48.6 Å². The van der Waals surface area contributed by atoms with Gasteiger partial charge in [-0.25, -0.2) is 0 Å². The highest BCUT2D eigenvalue weighted by Crippen LogP contribution is 2.15. The van der Waals surface area contributed by atoms with E-state index in [0.717, 1.165) is 64.2 Å². The number of carbonyl (C=O) groups excluding carboxylic acids is 3. The van der Waals surface area contributed by atoms with Gasteiger partial charge in [0.25, 0.3) is 0 Å². The Morgan fingerprint density at radius 2 is 0.594 bits per heavy atom. The Morgan fingerprint density at radius 1 is 0.312 bits per heavy atom. The van der Waals surface area contributed by atoms with Gasteiger partial charge in [0, 0.05) is 19.3 Å². The molecule has 0 aromatic rings. The van der Waals surface area contributed by atoms with Gasteiger partial charge in [0.1, 0.15) is 13.2 Å². The van der Waals surface area contributed by atoms with Crippen LogP contribution < -0.4 is 0 Å². The van der Waals surface area contributed by atoms with Gasteiger partial charge in [-0.3, -0.25) is 14.4 Å². The van der Waals surface area contributed by atoms with Crippen molar-refractivity contribution in [2.75, 3.05) is 13.2 Å². The number of esters is 3. The number of rotatable bonds is 50. The first kappa shape index (κ1) is 61.4. The number of hydrogen-bond acceptors (Lipinski definition) is 6. The van der Waals surface area contributed by atoms with Crippen molar-refractivity contribution in [1.29, 1.82) is 0 Å². The standard InChI is InChI=1S/C58H104O6/c1-4-7-10-13-16-19-22-25-27-29-31-33-36-39-42-45-48-51-57(60)63-54-55(53-62-56(59)50-47-44-41-38-35-32-24-21-18-15-12-9-6-3)64-58(61)52-49-46-43-40-37-34-30-28-26-23-20-17-14-11-8-5-2/h25,27-28,30,32,35,41,44,55H,4-24,26,29,31,33-34,36-40,42-43,45-54H2,1-3H3/b27-25-,30-28-,35-32-,44-41-. The number of carbonyl (C=O) groups is 3. The molecule has 0 bridgehead atoms. The second-order valence-electron chi connectivity index (χ2n) is 18.5. The molecule has 0 heterocycles. The maximum atomic E-state index is 12.8. The Morgan fingerprint density at radius 3 is 0.969 bits per heavy atom. The van der Waals surface area contributed by atoms with Crippen LogP contribution in [0.4, 0.5) is 0 Å². The molecule has 0 radical (unpaired) electrons. The number of ether oxygens (including phenoxy) is 3. The third-order valence-corrected chi connectivity index (χ3v) is 12.0. The van der Waals surface area contributed by atoms with Gasteiger partial charge < -0.3 is 14.2 Å². The third-order valence-electron chi connectivity index (χ3n) is 12.0. The predicted octanol–water partition coefficient (Wildman–Crippen LogP) is 18.3. The molecule has 0 amide bonds. The molecule has 1 unspecified atom stereocenters. The van der Waals surface area contributed by atoms with E-state index >= 15 is 0 Å². The Labute approximate surface area is 397 Å². The summed E-state index contributed by atoms with van der Waals surface area (Å²) in [5.41, 5.74) is 0. The molecule has 6 heteroatoms. The summed E-state index contributed by atoms with van der Waals surface area (Å²) in [4.78, 5) is 38.0. The fourth-order valence-corrected chi connectivity index (χ4v) is 7.84. The van der Waals surface area contributed by atoms with Crippen LogP contribution in [0.5, 0.6) is 0 Å². The lowest BCUT2D eigenvalue weighted by atomic mass is 10.1. The van der Waals surface area contributed by atoms with Crippen molar-refractivity contribution in [3.8, 4) is 0 Å². The zero-order chi connectivity index (χ0) is 46.5. The molecule has 0 saturated carbocycles. The first-order chi connectivity index (χ1) is 31.5. The fraction of sp³-hybridized carbons (Fsp3) is 0.810. The molecule has 0 aliphatic rings. The highest BCUT2D eigenvalue weighted by molar-refractivity contribution is 5.71. The van der Waals surface area contributed by atoms with E-state index in [0.29, 0.717) is 19.3 Å². The van der Waals surface area contributed by atoms with E-state index in [2.05, 4.69) is 63.3 Å². The summed E-state index contributed by atoms with van der Waals surface area (Å²) < 4.78 is 16.8. The summed E-state index contributed by atoms with van der Waals surface area (Å²) in [7, 11) is 0. The van der Waals surface area contributed by atoms with Crippen molar-refractivity contribution in [3.63, 3.8) is 0 Å². The lowest BCUT2D eigenvalue weighted by Gasteiger charge is -2.18. The molecule has 0 aliphatic heterocycles. The van der Waals surface area contributed by atoms with Gasteiger partial charge in [0.2, 0.25) is 0 Å². The molecule has 0 rings (SSSR count). The van der Waals surface area contributed by atoms with Crippen molar-refractivity contribution in [2.24, 2.45) is 0 Å². The van der Waals surface area contributed by atoms with Crippen LogP contribution >= 0.6 is 0 Å². The maximum Gasteiger partial charge on any atom is 0.306 e. The van der Waals surface area contributed by atoms with Crippen LogP contribution in [0.1, 0.15) is 284 Å². The van der Waals surface area contributed by atoms with E-state index in [1.807, 2.05) is 6.08 Å². The van der Waals surface area contributed by atoms with Crippen molar-refractivity contribution in [2.45, 2.75) is 290 Å². The SMILES string of the molecule is CCCCCCCC/C=C\C/C=C\CCC(=O)OCC(COC(=O)CCCCCCCCC/C=C\CCCCCCCC)OC(=O)CCCCCCC/C=C\CCCCCCCCC. The Hall–Kier alpha value is -2.63. The minimum atomic E-state index is -0.800. The molecule has 372 valence electrons. The van der Waals surface area contributed by atoms with Crippen LogP contribution in [0.2, 0.25) is 0 Å². The van der Waals surface area contributed by atoms with E-state index in [9.17, 15) is 14.4 Å². The van der Waals surface area contributed by atoms with E-state index < -0.39 is 6.10 Å². The van der Waals surface area contributed by atoms with E-state index in [-0.39, 0.29) is 37.5 Å². The van der Waals surface area contributed by atoms with Gasteiger partial charge in [-0.05, 0) is 89.9 Å². The van der Waals surface area contributed by atoms with Crippen LogP contribution in [-0.4, -0.2) is 37.2 Å². The summed E-state index contributed by atoms with van der Waals surface area (Å²) in [5, 5.41) is 0. The molecule has 0 aromatic carbocycles. The quantitative estimate of drug-likeness (QED) is 0.0262. The molecule has 64 heavy (non-hydrogen) atoms. The lowest BCUT2D eigenvalue weighted by molar-refractivity contribution is -0.166. The molecular weight excluding hydrogens is 793 g/mol. The van der Waals surface area contributed by atoms with Crippen LogP contribution in [0, 0.1) is 0 Å². The summed E-state index contributed by atoms with van der Waals surface area (Å²) in [5.74, 6) is -0.968. The van der Waals surface area contributed by atoms with Crippen molar-refractivity contribution in [3.05, 3.63) is 48.6 Å². The Kier molecular flexibility index (Phi) is 50.8. The molecule has 0 saturated heterocycles. The minimum absolute atomic E-state index is 0.0945. The summed E-state index contributed by atoms with van der Waals surface area (Å²) >= 11 is 0. The first-order valence-corrected chi connectivity index (χ1v) is 27.6. The monoisotopic (exact) mass is 897 g/mol. The molecule has 0 aliphatic carbocycles. The number of hydrogen-bond donors (Lipinski definition) is 0. The summed E-state index contributed by atoms with van der Waals surface area (Å²) in [6.07, 6.45) is 63.9. The highest BCUT2D eigenvalue weighted by atomic mass is 16.6. The van der Waals surface area contributed by atoms with Crippen LogP contribution in [0.25, 0.3) is 0 Å². The molecule has 0 N–H and O–H groups in total. The molecule has 0 fully saturated rings. The summed E-state index contributed by atoms with van der Waals surface area (Å²) in [6, 6.07) is 0. The second-order valence-corrected chi connectivity index (χ2v) is 18.5. The zero-order valence-electron chi connectivity index (χ0n) is 42.6. The average molecular weight is 897 g/mol. The number of allylic oxidation sites excluding steroid dienone is 8. The van der Waals surface area contributed by atoms with Gasteiger partial charge in [-0.2, -0.15) is 0 Å². The Bertz CT molecular complexity index is 1120. The lowest BCUT2D eigenvalue weighted by Crippen LogP contribution is -2.30. The van der Waals surface area contributed by atoms with E-state index in [1.54, 1.807) is 0 Å². The smallest absolute Gasteiger partial charge is 0.306 e. The van der Waals surface area contributed by atoms with Crippen molar-refractivity contribution >= 4 is 17.9 Å². The molecule has 1 atom stereocenters. The van der Waals surface area contributed by atoms with Gasteiger partial charge >= 0.3 is 17.9 Å². The normalized spacial score (nSPS) is 12.4. The van der Waals surface area contributed by atoms with Crippen molar-refractivity contribution in [1.82, 2.24) is 0 Å². The molecular formula is C58H104O6. The van der Waals surface area contributed by atoms with E-state index in [1.165, 1.54) is 173 Å². The molecule has 0 spiro atoms. The average Bonchev–Trinajstić information content (AvgIpc) is 3.29. The first-order valence-electron chi connectivity index (χ1n) is 27.6. The van der Waals surface area contributed by atoms with Gasteiger partial charge in [-0.1, -0.05) is 223 Å². The fourth-order valence-electron chi connectivity index (χ4n) is 7.84. The third kappa shape index (κ3) is 50.4. The predicted molar refractivity (Wildman–Crippen MR) is 275 cm³/mol. The van der Waals surface area contributed by atoms with Gasteiger partial charge in [-0.15, -0.1) is 0 Å². The summed E-state index contributed by atoms with van der Waals surface area (Å²) in [6.45, 7) is 6.58. The van der Waals surface area contributed by atoms with E-state index in [4.69, 9.17) is 14.2 Å². The minimum Gasteiger partial charge on any atom is -0.462 e. The highest BCUT2D eigenvalue weighted by Gasteiger charge is 2.19. The van der Waals surface area contributed by atoms with Crippen LogP contribution in [0.3, 0.4) is 0 Å². The zero-order valence-corrected chi connectivity index (χ0v) is 42.6. The van der Waals surface area contributed by atoms with Gasteiger partial charge in [0.15, 0.2) is 6.10 Å². The second kappa shape index (κ2) is 53.0. The largest absolute Gasteiger partial charge is 0.462 e. The maximum absolute atomic E-state index is 12.8.